The zero-order valence-corrected chi connectivity index (χ0v) is 25.9. The van der Waals surface area contributed by atoms with Gasteiger partial charge in [-0.05, 0) is 63.3 Å². The van der Waals surface area contributed by atoms with Crippen LogP contribution in [0.15, 0.2) is 24.3 Å². The Labute approximate surface area is 244 Å². The summed E-state index contributed by atoms with van der Waals surface area (Å²) in [5, 5.41) is 16.4. The number of benzene rings is 1. The number of rotatable bonds is 12. The van der Waals surface area contributed by atoms with Gasteiger partial charge in [0.2, 0.25) is 17.7 Å². The van der Waals surface area contributed by atoms with E-state index in [0.717, 1.165) is 18.6 Å². The molecule has 1 aromatic carbocycles. The van der Waals surface area contributed by atoms with Crippen molar-refractivity contribution in [2.45, 2.75) is 93.3 Å². The third kappa shape index (κ3) is 5.71. The van der Waals surface area contributed by atoms with E-state index >= 15 is 0 Å². The fraction of sp³-hybridized carbons (Fsp3) is 0.690. The molecule has 1 aromatic rings. The first-order valence-electron chi connectivity index (χ1n) is 14.2. The second-order valence-corrected chi connectivity index (χ2v) is 14.2. The van der Waals surface area contributed by atoms with Gasteiger partial charge in [-0.3, -0.25) is 14.4 Å². The molecule has 0 saturated carbocycles. The predicted molar refractivity (Wildman–Crippen MR) is 158 cm³/mol. The Morgan fingerprint density at radius 3 is 2.49 bits per heavy atom. The van der Waals surface area contributed by atoms with Gasteiger partial charge in [0.05, 0.1) is 35.8 Å². The molecular formula is C29H42BrN3O5S. The number of carbonyl (C=O) groups is 3. The number of nitrogens with one attached hydrogen (secondary N) is 2. The van der Waals surface area contributed by atoms with Crippen molar-refractivity contribution >= 4 is 51.1 Å². The lowest BCUT2D eigenvalue weighted by atomic mass is 9.70. The Hall–Kier alpha value is -1.78. The minimum absolute atomic E-state index is 0.0105. The number of amides is 3. The summed E-state index contributed by atoms with van der Waals surface area (Å²) in [6.07, 6.45) is 2.96. The van der Waals surface area contributed by atoms with Crippen LogP contribution in [-0.2, 0) is 14.4 Å². The summed E-state index contributed by atoms with van der Waals surface area (Å²) in [7, 11) is 0. The van der Waals surface area contributed by atoms with Gasteiger partial charge in [-0.1, -0.05) is 43.1 Å². The summed E-state index contributed by atoms with van der Waals surface area (Å²) in [5.41, 5.74) is 0.634. The Kier molecular flexibility index (Phi) is 9.59. The van der Waals surface area contributed by atoms with E-state index in [9.17, 15) is 19.5 Å². The minimum atomic E-state index is -0.747. The van der Waals surface area contributed by atoms with Crippen LogP contribution in [0.4, 0.5) is 5.69 Å². The minimum Gasteiger partial charge on any atom is -0.494 e. The lowest BCUT2D eigenvalue weighted by molar-refractivity contribution is -0.142. The number of anilines is 1. The predicted octanol–water partition coefficient (Wildman–Crippen LogP) is 4.20. The first kappa shape index (κ1) is 30.2. The van der Waals surface area contributed by atoms with Crippen molar-refractivity contribution in [3.63, 3.8) is 0 Å². The van der Waals surface area contributed by atoms with Crippen molar-refractivity contribution in [2.75, 3.05) is 18.5 Å². The molecule has 3 heterocycles. The Balaban J connectivity index is 1.68. The van der Waals surface area contributed by atoms with Gasteiger partial charge in [0.25, 0.3) is 0 Å². The van der Waals surface area contributed by atoms with Gasteiger partial charge < -0.3 is 25.4 Å². The highest BCUT2D eigenvalue weighted by molar-refractivity contribution is 9.09. The van der Waals surface area contributed by atoms with Gasteiger partial charge in [-0.2, -0.15) is 0 Å². The number of thioether (sulfide) groups is 1. The van der Waals surface area contributed by atoms with Crippen molar-refractivity contribution < 1.29 is 24.2 Å². The topological polar surface area (TPSA) is 108 Å². The SMILES string of the molecule is CCCC(C)NC(=O)C1N([C@@H](CO)CC(C)C)C(=O)[C@@H]2[C@H](C(=O)Nc3ccc(OCC)cc3)[C@H]3SC12CC3Br. The van der Waals surface area contributed by atoms with Crippen LogP contribution in [0.5, 0.6) is 5.75 Å². The molecule has 3 aliphatic rings. The fourth-order valence-electron chi connectivity index (χ4n) is 6.73. The average Bonchev–Trinajstić information content (AvgIpc) is 3.47. The molecule has 8 atom stereocenters. The molecule has 2 bridgehead atoms. The van der Waals surface area contributed by atoms with Gasteiger partial charge in [0, 0.05) is 21.8 Å². The zero-order chi connectivity index (χ0) is 28.5. The quantitative estimate of drug-likeness (QED) is 0.301. The average molecular weight is 625 g/mol. The number of aliphatic hydroxyl groups is 1. The maximum Gasteiger partial charge on any atom is 0.244 e. The third-order valence-corrected chi connectivity index (χ3v) is 11.4. The Morgan fingerprint density at radius 2 is 1.90 bits per heavy atom. The molecule has 3 amide bonds. The molecule has 4 rings (SSSR count). The number of ether oxygens (including phenoxy) is 1. The third-order valence-electron chi connectivity index (χ3n) is 8.17. The molecule has 3 N–H and O–H groups in total. The van der Waals surface area contributed by atoms with E-state index in [1.807, 2.05) is 39.8 Å². The molecule has 8 nitrogen and oxygen atoms in total. The second-order valence-electron chi connectivity index (χ2n) is 11.5. The van der Waals surface area contributed by atoms with E-state index in [-0.39, 0.29) is 46.4 Å². The van der Waals surface area contributed by atoms with Crippen LogP contribution < -0.4 is 15.4 Å². The number of aliphatic hydroxyl groups excluding tert-OH is 1. The van der Waals surface area contributed by atoms with E-state index in [1.54, 1.807) is 28.8 Å². The van der Waals surface area contributed by atoms with Crippen molar-refractivity contribution in [3.05, 3.63) is 24.3 Å². The lowest BCUT2D eigenvalue weighted by Crippen LogP contribution is -2.58. The van der Waals surface area contributed by atoms with Crippen molar-refractivity contribution in [2.24, 2.45) is 17.8 Å². The molecule has 3 saturated heterocycles. The standard InChI is InChI=1S/C29H42BrN3O5S/c1-6-8-17(5)31-27(36)25-29-14-21(30)24(39-29)22(23(29)28(37)33(25)19(15-34)13-16(3)4)26(35)32-18-9-11-20(12-10-18)38-7-2/h9-12,16-17,19,21-25,34H,6-8,13-15H2,1-5H3,(H,31,36)(H,32,35)/t17?,19-,21?,22+,23+,24+,25?,29?/m1/s1. The van der Waals surface area contributed by atoms with Gasteiger partial charge >= 0.3 is 0 Å². The van der Waals surface area contributed by atoms with Crippen LogP contribution in [0, 0.1) is 17.8 Å². The fourth-order valence-corrected chi connectivity index (χ4v) is 10.3. The van der Waals surface area contributed by atoms with Crippen LogP contribution in [0.3, 0.4) is 0 Å². The van der Waals surface area contributed by atoms with E-state index in [0.29, 0.717) is 25.1 Å². The van der Waals surface area contributed by atoms with E-state index in [1.165, 1.54) is 0 Å². The van der Waals surface area contributed by atoms with Crippen LogP contribution in [-0.4, -0.2) is 73.9 Å². The zero-order valence-electron chi connectivity index (χ0n) is 23.5. The van der Waals surface area contributed by atoms with Crippen LogP contribution in [0.1, 0.15) is 60.3 Å². The van der Waals surface area contributed by atoms with E-state index in [2.05, 4.69) is 33.5 Å². The second kappa shape index (κ2) is 12.4. The van der Waals surface area contributed by atoms with Gasteiger partial charge in [-0.15, -0.1) is 11.8 Å². The van der Waals surface area contributed by atoms with Crippen molar-refractivity contribution in [1.82, 2.24) is 10.2 Å². The maximum atomic E-state index is 14.3. The number of alkyl halides is 1. The molecule has 0 aliphatic carbocycles. The molecule has 216 valence electrons. The van der Waals surface area contributed by atoms with Gasteiger partial charge in [0.1, 0.15) is 11.8 Å². The van der Waals surface area contributed by atoms with Crippen LogP contribution in [0.2, 0.25) is 0 Å². The Morgan fingerprint density at radius 1 is 1.21 bits per heavy atom. The smallest absolute Gasteiger partial charge is 0.244 e. The first-order chi connectivity index (χ1) is 18.6. The molecule has 1 spiro atoms. The van der Waals surface area contributed by atoms with E-state index < -0.39 is 28.7 Å². The van der Waals surface area contributed by atoms with Crippen LogP contribution >= 0.6 is 27.7 Å². The number of hydrogen-bond donors (Lipinski definition) is 3. The monoisotopic (exact) mass is 623 g/mol. The summed E-state index contributed by atoms with van der Waals surface area (Å²) in [4.78, 5) is 43.7. The highest BCUT2D eigenvalue weighted by Crippen LogP contribution is 2.68. The molecule has 0 radical (unpaired) electrons. The number of carbonyl (C=O) groups excluding carboxylic acids is 3. The number of halogens is 1. The highest BCUT2D eigenvalue weighted by Gasteiger charge is 2.76. The normalized spacial score (nSPS) is 30.8. The van der Waals surface area contributed by atoms with Gasteiger partial charge in [0.15, 0.2) is 0 Å². The molecular weight excluding hydrogens is 582 g/mol. The molecule has 0 aromatic heterocycles. The van der Waals surface area contributed by atoms with Crippen molar-refractivity contribution in [3.8, 4) is 5.75 Å². The molecule has 3 fully saturated rings. The molecule has 10 heteroatoms. The van der Waals surface area contributed by atoms with Crippen molar-refractivity contribution in [1.29, 1.82) is 0 Å². The molecule has 3 aliphatic heterocycles. The largest absolute Gasteiger partial charge is 0.494 e. The number of nitrogens with zero attached hydrogens (tertiary/aromatic N) is 1. The first-order valence-corrected chi connectivity index (χ1v) is 16.0. The summed E-state index contributed by atoms with van der Waals surface area (Å²) < 4.78 is 4.77. The van der Waals surface area contributed by atoms with Gasteiger partial charge in [-0.25, -0.2) is 0 Å². The number of hydrogen-bond acceptors (Lipinski definition) is 6. The maximum absolute atomic E-state index is 14.3. The Bertz CT molecular complexity index is 1060. The summed E-state index contributed by atoms with van der Waals surface area (Å²) in [6.45, 7) is 10.4. The summed E-state index contributed by atoms with van der Waals surface area (Å²) in [5.74, 6) is -0.887. The summed E-state index contributed by atoms with van der Waals surface area (Å²) in [6, 6.07) is 5.94. The molecule has 4 unspecified atom stereocenters. The number of fused-ring (bicyclic) bond motifs is 1. The summed E-state index contributed by atoms with van der Waals surface area (Å²) >= 11 is 5.42. The lowest BCUT2D eigenvalue weighted by Gasteiger charge is -2.38. The highest BCUT2D eigenvalue weighted by atomic mass is 79.9. The van der Waals surface area contributed by atoms with E-state index in [4.69, 9.17) is 4.74 Å². The van der Waals surface area contributed by atoms with Crippen LogP contribution in [0.25, 0.3) is 0 Å². The molecule has 39 heavy (non-hydrogen) atoms. The number of likely N-dealkylation sites (tertiary alicyclic amines) is 1.